The molecule has 11 heteroatoms. The molecular weight excluding hydrogens is 532 g/mol. The number of anilines is 2. The number of piperazine rings is 1. The van der Waals surface area contributed by atoms with Gasteiger partial charge < -0.3 is 30.1 Å². The summed E-state index contributed by atoms with van der Waals surface area (Å²) in [6.07, 6.45) is 8.64. The van der Waals surface area contributed by atoms with Crippen LogP contribution in [0.3, 0.4) is 0 Å². The highest BCUT2D eigenvalue weighted by Crippen LogP contribution is 2.26. The summed E-state index contributed by atoms with van der Waals surface area (Å²) in [6.45, 7) is 6.46. The lowest BCUT2D eigenvalue weighted by atomic mass is 10.1. The first-order valence-corrected chi connectivity index (χ1v) is 14.6. The van der Waals surface area contributed by atoms with Gasteiger partial charge in [-0.25, -0.2) is 4.98 Å². The molecule has 1 saturated heterocycles. The molecule has 1 fully saturated rings. The normalized spacial score (nSPS) is 13.1. The number of nitrogens with two attached hydrogens (primary N) is 1. The third-order valence-electron chi connectivity index (χ3n) is 7.51. The van der Waals surface area contributed by atoms with E-state index in [1.54, 1.807) is 31.3 Å². The largest absolute Gasteiger partial charge is 0.437 e. The molecule has 0 saturated carbocycles. The zero-order valence-electron chi connectivity index (χ0n) is 24.9. The summed E-state index contributed by atoms with van der Waals surface area (Å²) < 4.78 is 5.96. The standard InChI is InChI=1S/C31H42N8O3/c1-24(40)36(2)15-16-37(3)29-22-33-23-30(35-29)42-27-11-8-25(9-12-27)26-10-13-28(34-21-26)38-17-19-39(20-18-38)31(41)7-5-4-6-14-32/h8-13,21-23H,4-7,14-20,32H2,1-3H3. The Morgan fingerprint density at radius 1 is 0.905 bits per heavy atom. The van der Waals surface area contributed by atoms with Crippen LogP contribution in [-0.2, 0) is 9.59 Å². The molecule has 0 spiro atoms. The van der Waals surface area contributed by atoms with Crippen molar-refractivity contribution in [3.05, 3.63) is 55.0 Å². The molecule has 11 nitrogen and oxygen atoms in total. The quantitative estimate of drug-likeness (QED) is 0.306. The lowest BCUT2D eigenvalue weighted by Gasteiger charge is -2.35. The number of hydrogen-bond acceptors (Lipinski definition) is 9. The van der Waals surface area contributed by atoms with Crippen LogP contribution in [0.2, 0.25) is 0 Å². The van der Waals surface area contributed by atoms with Crippen LogP contribution in [0.25, 0.3) is 11.1 Å². The number of aromatic nitrogens is 3. The SMILES string of the molecule is CC(=O)N(C)CCN(C)c1cncc(Oc2ccc(-c3ccc(N4CCN(C(=O)CCCCCN)CC4)nc3)cc2)n1. The molecule has 2 N–H and O–H groups in total. The summed E-state index contributed by atoms with van der Waals surface area (Å²) in [5.41, 5.74) is 7.58. The summed E-state index contributed by atoms with van der Waals surface area (Å²) in [5, 5.41) is 0. The van der Waals surface area contributed by atoms with Gasteiger partial charge in [0, 0.05) is 78.5 Å². The number of hydrogen-bond donors (Lipinski definition) is 1. The topological polar surface area (TPSA) is 121 Å². The molecule has 3 aromatic rings. The van der Waals surface area contributed by atoms with Gasteiger partial charge in [-0.05, 0) is 49.2 Å². The molecular formula is C31H42N8O3. The fraction of sp³-hybridized carbons (Fsp3) is 0.452. The number of pyridine rings is 1. The van der Waals surface area contributed by atoms with Crippen LogP contribution in [0.4, 0.5) is 11.6 Å². The number of likely N-dealkylation sites (N-methyl/N-ethyl adjacent to an activating group) is 2. The Labute approximate surface area is 248 Å². The summed E-state index contributed by atoms with van der Waals surface area (Å²) in [7, 11) is 3.68. The van der Waals surface area contributed by atoms with E-state index in [-0.39, 0.29) is 11.8 Å². The highest BCUT2D eigenvalue weighted by atomic mass is 16.5. The molecule has 42 heavy (non-hydrogen) atoms. The Morgan fingerprint density at radius 2 is 1.64 bits per heavy atom. The first-order valence-electron chi connectivity index (χ1n) is 14.6. The maximum atomic E-state index is 12.5. The zero-order valence-corrected chi connectivity index (χ0v) is 24.9. The van der Waals surface area contributed by atoms with E-state index in [0.717, 1.165) is 62.4 Å². The number of unbranched alkanes of at least 4 members (excludes halogenated alkanes) is 2. The molecule has 0 aliphatic carbocycles. The van der Waals surface area contributed by atoms with Crippen LogP contribution in [0.5, 0.6) is 11.6 Å². The maximum Gasteiger partial charge on any atom is 0.239 e. The molecule has 2 aromatic heterocycles. The van der Waals surface area contributed by atoms with Gasteiger partial charge >= 0.3 is 0 Å². The van der Waals surface area contributed by atoms with E-state index in [0.29, 0.717) is 43.5 Å². The Balaban J connectivity index is 1.28. The number of nitrogens with zero attached hydrogens (tertiary/aromatic N) is 7. The van der Waals surface area contributed by atoms with Gasteiger partial charge in [0.15, 0.2) is 5.82 Å². The van der Waals surface area contributed by atoms with Crippen LogP contribution in [0.1, 0.15) is 32.6 Å². The van der Waals surface area contributed by atoms with Crippen LogP contribution < -0.4 is 20.3 Å². The molecule has 0 bridgehead atoms. The van der Waals surface area contributed by atoms with E-state index in [2.05, 4.69) is 20.9 Å². The van der Waals surface area contributed by atoms with Gasteiger partial charge in [0.1, 0.15) is 11.6 Å². The van der Waals surface area contributed by atoms with Crippen LogP contribution in [-0.4, -0.2) is 96.5 Å². The minimum atomic E-state index is 0.0230. The van der Waals surface area contributed by atoms with Crippen molar-refractivity contribution in [3.8, 4) is 22.8 Å². The van der Waals surface area contributed by atoms with Crippen molar-refractivity contribution in [2.45, 2.75) is 32.6 Å². The highest BCUT2D eigenvalue weighted by Gasteiger charge is 2.21. The molecule has 1 aromatic carbocycles. The Morgan fingerprint density at radius 3 is 2.31 bits per heavy atom. The summed E-state index contributed by atoms with van der Waals surface area (Å²) in [4.78, 5) is 45.2. The van der Waals surface area contributed by atoms with Crippen molar-refractivity contribution < 1.29 is 14.3 Å². The Hall–Kier alpha value is -4.25. The monoisotopic (exact) mass is 574 g/mol. The second-order valence-electron chi connectivity index (χ2n) is 10.6. The fourth-order valence-corrected chi connectivity index (χ4v) is 4.66. The van der Waals surface area contributed by atoms with Gasteiger partial charge in [-0.15, -0.1) is 0 Å². The van der Waals surface area contributed by atoms with Crippen molar-refractivity contribution in [2.75, 3.05) is 69.7 Å². The second kappa shape index (κ2) is 15.1. The van der Waals surface area contributed by atoms with Gasteiger partial charge in [-0.1, -0.05) is 18.6 Å². The van der Waals surface area contributed by atoms with E-state index < -0.39 is 0 Å². The van der Waals surface area contributed by atoms with Crippen molar-refractivity contribution >= 4 is 23.5 Å². The average molecular weight is 575 g/mol. The number of carbonyl (C=O) groups excluding carboxylic acids is 2. The van der Waals surface area contributed by atoms with Crippen LogP contribution >= 0.6 is 0 Å². The summed E-state index contributed by atoms with van der Waals surface area (Å²) in [6, 6.07) is 11.9. The van der Waals surface area contributed by atoms with E-state index in [4.69, 9.17) is 15.5 Å². The number of benzene rings is 1. The van der Waals surface area contributed by atoms with Crippen LogP contribution in [0.15, 0.2) is 55.0 Å². The fourth-order valence-electron chi connectivity index (χ4n) is 4.66. The molecule has 3 heterocycles. The lowest BCUT2D eigenvalue weighted by molar-refractivity contribution is -0.131. The highest BCUT2D eigenvalue weighted by molar-refractivity contribution is 5.76. The predicted octanol–water partition coefficient (Wildman–Crippen LogP) is 3.41. The zero-order chi connectivity index (χ0) is 29.9. The molecule has 0 radical (unpaired) electrons. The first-order chi connectivity index (χ1) is 20.3. The molecule has 1 aliphatic heterocycles. The lowest BCUT2D eigenvalue weighted by Crippen LogP contribution is -2.49. The van der Waals surface area contributed by atoms with Gasteiger partial charge in [0.2, 0.25) is 17.7 Å². The number of amides is 2. The van der Waals surface area contributed by atoms with Gasteiger partial charge in [0.25, 0.3) is 0 Å². The molecule has 4 rings (SSSR count). The maximum absolute atomic E-state index is 12.5. The van der Waals surface area contributed by atoms with Crippen molar-refractivity contribution in [1.29, 1.82) is 0 Å². The minimum Gasteiger partial charge on any atom is -0.437 e. The molecule has 0 atom stereocenters. The first kappa shape index (κ1) is 30.7. The molecule has 0 unspecified atom stereocenters. The smallest absolute Gasteiger partial charge is 0.239 e. The van der Waals surface area contributed by atoms with E-state index >= 15 is 0 Å². The predicted molar refractivity (Wildman–Crippen MR) is 165 cm³/mol. The van der Waals surface area contributed by atoms with Crippen molar-refractivity contribution in [3.63, 3.8) is 0 Å². The summed E-state index contributed by atoms with van der Waals surface area (Å²) in [5.74, 6) is 2.90. The number of rotatable bonds is 13. The average Bonchev–Trinajstić information content (AvgIpc) is 3.02. The third kappa shape index (κ3) is 8.62. The van der Waals surface area contributed by atoms with E-state index in [1.807, 2.05) is 53.4 Å². The van der Waals surface area contributed by atoms with E-state index in [9.17, 15) is 9.59 Å². The second-order valence-corrected chi connectivity index (χ2v) is 10.6. The van der Waals surface area contributed by atoms with Gasteiger partial charge in [0.05, 0.1) is 12.4 Å². The molecule has 224 valence electrons. The molecule has 1 aliphatic rings. The van der Waals surface area contributed by atoms with Crippen molar-refractivity contribution in [1.82, 2.24) is 24.8 Å². The Bertz CT molecular complexity index is 1290. The Kier molecular flexibility index (Phi) is 11.0. The van der Waals surface area contributed by atoms with Gasteiger partial charge in [-0.2, -0.15) is 4.98 Å². The third-order valence-corrected chi connectivity index (χ3v) is 7.51. The summed E-state index contributed by atoms with van der Waals surface area (Å²) >= 11 is 0. The minimum absolute atomic E-state index is 0.0230. The number of ether oxygens (including phenoxy) is 1. The van der Waals surface area contributed by atoms with Crippen LogP contribution in [0, 0.1) is 0 Å². The molecule has 2 amide bonds. The van der Waals surface area contributed by atoms with Crippen molar-refractivity contribution in [2.24, 2.45) is 5.73 Å². The van der Waals surface area contributed by atoms with E-state index in [1.165, 1.54) is 0 Å². The van der Waals surface area contributed by atoms with Gasteiger partial charge in [-0.3, -0.25) is 14.6 Å². The number of carbonyl (C=O) groups is 2.